The van der Waals surface area contributed by atoms with E-state index in [0.29, 0.717) is 26.6 Å². The Labute approximate surface area is 197 Å². The monoisotopic (exact) mass is 487 g/mol. The quantitative estimate of drug-likeness (QED) is 0.414. The Morgan fingerprint density at radius 3 is 2.52 bits per heavy atom. The minimum absolute atomic E-state index is 0.0108. The molecule has 0 bridgehead atoms. The average Bonchev–Trinajstić information content (AvgIpc) is 2.74. The van der Waals surface area contributed by atoms with Crippen LogP contribution in [-0.2, 0) is 13.1 Å². The number of H-pyrrole nitrogens is 1. The third-order valence-corrected chi connectivity index (χ3v) is 6.18. The molecule has 0 spiro atoms. The molecular weight excluding hydrogens is 469 g/mol. The van der Waals surface area contributed by atoms with Gasteiger partial charge in [0, 0.05) is 19.6 Å². The number of benzene rings is 2. The lowest BCUT2D eigenvalue weighted by Crippen LogP contribution is -2.34. The highest BCUT2D eigenvalue weighted by Crippen LogP contribution is 2.25. The van der Waals surface area contributed by atoms with Crippen molar-refractivity contribution in [1.29, 1.82) is 0 Å². The predicted molar refractivity (Wildman–Crippen MR) is 125 cm³/mol. The molecule has 2 aliphatic rings. The van der Waals surface area contributed by atoms with Crippen LogP contribution >= 0.6 is 23.2 Å². The van der Waals surface area contributed by atoms with Gasteiger partial charge < -0.3 is 14.6 Å². The fourth-order valence-corrected chi connectivity index (χ4v) is 3.92. The van der Waals surface area contributed by atoms with Crippen molar-refractivity contribution in [3.8, 4) is 11.5 Å². The average molecular weight is 488 g/mol. The van der Waals surface area contributed by atoms with E-state index in [-0.39, 0.29) is 31.2 Å². The molecule has 0 saturated carbocycles. The summed E-state index contributed by atoms with van der Waals surface area (Å²) in [7, 11) is 0. The van der Waals surface area contributed by atoms with Gasteiger partial charge in [-0.05, 0) is 54.8 Å². The molecule has 11 heteroatoms. The van der Waals surface area contributed by atoms with E-state index in [2.05, 4.69) is 15.0 Å². The van der Waals surface area contributed by atoms with E-state index in [1.807, 2.05) is 26.0 Å². The second-order valence-electron chi connectivity index (χ2n) is 7.68. The number of nitrogens with one attached hydrogen (secondary N) is 1. The molecule has 2 aromatic rings. The molecule has 0 saturated heterocycles. The van der Waals surface area contributed by atoms with Crippen molar-refractivity contribution in [2.24, 2.45) is 0 Å². The first-order chi connectivity index (χ1) is 15.6. The first-order valence-electron chi connectivity index (χ1n) is 9.97. The van der Waals surface area contributed by atoms with Crippen LogP contribution in [0.3, 0.4) is 0 Å². The number of aromatic amines is 1. The maximum atomic E-state index is 12.4. The zero-order chi connectivity index (χ0) is 23.9. The van der Waals surface area contributed by atoms with Crippen molar-refractivity contribution in [2.75, 3.05) is 6.54 Å². The molecular formula is C22H19Cl2N5O4. The number of aromatic nitrogens is 4. The van der Waals surface area contributed by atoms with Crippen LogP contribution in [0.4, 0.5) is 4.79 Å². The van der Waals surface area contributed by atoms with Crippen molar-refractivity contribution >= 4 is 40.3 Å². The second kappa shape index (κ2) is 8.84. The van der Waals surface area contributed by atoms with E-state index < -0.39 is 17.3 Å². The van der Waals surface area contributed by atoms with Crippen LogP contribution in [0.5, 0.6) is 0 Å². The van der Waals surface area contributed by atoms with Gasteiger partial charge in [0.25, 0.3) is 5.56 Å². The van der Waals surface area contributed by atoms with E-state index in [0.717, 1.165) is 11.1 Å². The molecule has 33 heavy (non-hydrogen) atoms. The molecule has 170 valence electrons. The Morgan fingerprint density at radius 1 is 1.09 bits per heavy atom. The topological polar surface area (TPSA) is 121 Å². The van der Waals surface area contributed by atoms with Crippen LogP contribution in [0.1, 0.15) is 16.7 Å². The molecule has 2 aliphatic heterocycles. The van der Waals surface area contributed by atoms with Gasteiger partial charge in [0.15, 0.2) is 11.5 Å². The van der Waals surface area contributed by atoms with Crippen LogP contribution in [0.25, 0.3) is 22.6 Å². The van der Waals surface area contributed by atoms with Crippen LogP contribution in [0.15, 0.2) is 39.9 Å². The van der Waals surface area contributed by atoms with Gasteiger partial charge in [-0.2, -0.15) is 4.98 Å². The van der Waals surface area contributed by atoms with Gasteiger partial charge in [0.1, 0.15) is 0 Å². The highest BCUT2D eigenvalue weighted by Gasteiger charge is 2.21. The minimum atomic E-state index is -1.13. The number of carboxylic acid groups (broad SMARTS) is 1. The van der Waals surface area contributed by atoms with Gasteiger partial charge in [-0.3, -0.25) is 9.78 Å². The van der Waals surface area contributed by atoms with Crippen molar-refractivity contribution < 1.29 is 9.90 Å². The van der Waals surface area contributed by atoms with Crippen LogP contribution in [-0.4, -0.2) is 42.2 Å². The lowest BCUT2D eigenvalue weighted by atomic mass is 10.1. The highest BCUT2D eigenvalue weighted by atomic mass is 35.5. The molecule has 0 unspecified atom stereocenters. The third kappa shape index (κ3) is 4.55. The molecule has 2 heterocycles. The Balaban J connectivity index is 1.77. The zero-order valence-electron chi connectivity index (χ0n) is 17.7. The summed E-state index contributed by atoms with van der Waals surface area (Å²) in [6.45, 7) is 4.14. The van der Waals surface area contributed by atoms with Crippen LogP contribution in [0, 0.1) is 13.8 Å². The summed E-state index contributed by atoms with van der Waals surface area (Å²) in [5.74, 6) is 0.0966. The number of fused-ring (bicyclic) bond motifs is 2. The van der Waals surface area contributed by atoms with Crippen molar-refractivity contribution in [3.63, 3.8) is 0 Å². The SMILES string of the molecule is Cc1cc2nc3c(=O)[nH]c(=O)nc-3n(CCN(Cc3ccc(Cl)c(Cl)c3)C(=O)O)c2cc1C. The number of hydrogen-bond acceptors (Lipinski definition) is 5. The summed E-state index contributed by atoms with van der Waals surface area (Å²) < 4.78 is 1.66. The van der Waals surface area contributed by atoms with Crippen molar-refractivity contribution in [2.45, 2.75) is 26.9 Å². The number of hydrogen-bond donors (Lipinski definition) is 2. The summed E-state index contributed by atoms with van der Waals surface area (Å²) in [6.07, 6.45) is -1.13. The summed E-state index contributed by atoms with van der Waals surface area (Å²) >= 11 is 12.0. The highest BCUT2D eigenvalue weighted by molar-refractivity contribution is 6.42. The Morgan fingerprint density at radius 2 is 1.82 bits per heavy atom. The van der Waals surface area contributed by atoms with Gasteiger partial charge in [-0.25, -0.2) is 14.6 Å². The number of amides is 1. The first kappa shape index (κ1) is 22.8. The van der Waals surface area contributed by atoms with Gasteiger partial charge in [0.2, 0.25) is 0 Å². The third-order valence-electron chi connectivity index (χ3n) is 5.45. The summed E-state index contributed by atoms with van der Waals surface area (Å²) in [4.78, 5) is 48.0. The van der Waals surface area contributed by atoms with Gasteiger partial charge in [0.05, 0.1) is 21.1 Å². The molecule has 9 nitrogen and oxygen atoms in total. The molecule has 2 N–H and O–H groups in total. The molecule has 0 fully saturated rings. The van der Waals surface area contributed by atoms with E-state index in [9.17, 15) is 19.5 Å². The van der Waals surface area contributed by atoms with Crippen molar-refractivity contribution in [3.05, 3.63) is 77.9 Å². The summed E-state index contributed by atoms with van der Waals surface area (Å²) in [6, 6.07) is 8.64. The number of nitrogens with zero attached hydrogens (tertiary/aromatic N) is 4. The Hall–Kier alpha value is -3.43. The van der Waals surface area contributed by atoms with E-state index in [1.165, 1.54) is 4.90 Å². The Kier molecular flexibility index (Phi) is 6.09. The lowest BCUT2D eigenvalue weighted by molar-refractivity contribution is 0.140. The number of aryl methyl sites for hydroxylation is 2. The molecule has 0 atom stereocenters. The molecule has 4 rings (SSSR count). The first-order valence-corrected chi connectivity index (χ1v) is 10.7. The van der Waals surface area contributed by atoms with E-state index in [1.54, 1.807) is 22.8 Å². The second-order valence-corrected chi connectivity index (χ2v) is 8.50. The Bertz CT molecular complexity index is 1480. The maximum Gasteiger partial charge on any atom is 0.407 e. The number of carbonyl (C=O) groups is 1. The minimum Gasteiger partial charge on any atom is -0.465 e. The smallest absolute Gasteiger partial charge is 0.407 e. The van der Waals surface area contributed by atoms with Crippen molar-refractivity contribution in [1.82, 2.24) is 24.4 Å². The van der Waals surface area contributed by atoms with Gasteiger partial charge in [-0.15, -0.1) is 0 Å². The molecule has 0 aromatic heterocycles. The van der Waals surface area contributed by atoms with Crippen LogP contribution < -0.4 is 11.2 Å². The molecule has 0 aliphatic carbocycles. The number of rotatable bonds is 5. The largest absolute Gasteiger partial charge is 0.465 e. The summed E-state index contributed by atoms with van der Waals surface area (Å²) in [5.41, 5.74) is 2.39. The summed E-state index contributed by atoms with van der Waals surface area (Å²) in [5, 5.41) is 10.5. The van der Waals surface area contributed by atoms with E-state index >= 15 is 0 Å². The zero-order valence-corrected chi connectivity index (χ0v) is 19.2. The molecule has 0 radical (unpaired) electrons. The normalized spacial score (nSPS) is 11.3. The lowest BCUT2D eigenvalue weighted by Gasteiger charge is -2.23. The molecule has 1 amide bonds. The van der Waals surface area contributed by atoms with Crippen LogP contribution in [0.2, 0.25) is 10.0 Å². The predicted octanol–water partition coefficient (Wildman–Crippen LogP) is 3.69. The van der Waals surface area contributed by atoms with E-state index in [4.69, 9.17) is 23.2 Å². The molecule has 2 aromatic carbocycles. The standard InChI is InChI=1S/C22H19Cl2N5O4/c1-11-7-16-17(8-12(11)2)29(19-18(25-16)20(30)27-21(31)26-19)6-5-28(22(32)33)10-13-3-4-14(23)15(24)9-13/h3-4,7-9H,5-6,10H2,1-2H3,(H,32,33)(H,27,30,31). The number of halogens is 2. The fraction of sp³-hybridized carbons (Fsp3) is 0.227. The van der Waals surface area contributed by atoms with Gasteiger partial charge in [-0.1, -0.05) is 29.3 Å². The maximum absolute atomic E-state index is 12.4. The fourth-order valence-electron chi connectivity index (χ4n) is 3.60. The van der Waals surface area contributed by atoms with Gasteiger partial charge >= 0.3 is 11.8 Å².